The molecule has 0 radical (unpaired) electrons. The van der Waals surface area contributed by atoms with E-state index in [1.165, 1.54) is 12.1 Å². The Kier molecular flexibility index (Phi) is 9.41. The number of hydrogen-bond acceptors (Lipinski definition) is 5. The highest BCUT2D eigenvalue weighted by molar-refractivity contribution is 14.0. The van der Waals surface area contributed by atoms with Gasteiger partial charge < -0.3 is 15.1 Å². The first kappa shape index (κ1) is 24.1. The van der Waals surface area contributed by atoms with Crippen LogP contribution in [0.4, 0.5) is 10.1 Å². The van der Waals surface area contributed by atoms with Crippen LogP contribution in [-0.2, 0) is 9.84 Å². The molecule has 2 heterocycles. The Bertz CT molecular complexity index is 753. The van der Waals surface area contributed by atoms with E-state index in [1.807, 2.05) is 12.1 Å². The first-order chi connectivity index (χ1) is 13.5. The lowest BCUT2D eigenvalue weighted by Gasteiger charge is -2.37. The lowest BCUT2D eigenvalue weighted by atomic mass is 10.2. The van der Waals surface area contributed by atoms with Crippen LogP contribution in [0, 0.1) is 5.82 Å². The molecule has 0 unspecified atom stereocenters. The summed E-state index contributed by atoms with van der Waals surface area (Å²) >= 11 is 0. The zero-order valence-corrected chi connectivity index (χ0v) is 20.0. The van der Waals surface area contributed by atoms with Gasteiger partial charge in [0.15, 0.2) is 15.8 Å². The fraction of sp³-hybridized carbons (Fsp3) is 0.632. The van der Waals surface area contributed by atoms with Crippen molar-refractivity contribution < 1.29 is 12.8 Å². The van der Waals surface area contributed by atoms with E-state index in [-0.39, 0.29) is 41.3 Å². The van der Waals surface area contributed by atoms with Crippen LogP contribution in [0.25, 0.3) is 0 Å². The van der Waals surface area contributed by atoms with Crippen LogP contribution in [0.5, 0.6) is 0 Å². The Balaban J connectivity index is 0.00000300. The summed E-state index contributed by atoms with van der Waals surface area (Å²) < 4.78 is 36.2. The largest absolute Gasteiger partial charge is 0.368 e. The van der Waals surface area contributed by atoms with E-state index in [2.05, 4.69) is 26.9 Å². The van der Waals surface area contributed by atoms with E-state index in [0.29, 0.717) is 19.6 Å². The molecule has 1 aromatic carbocycles. The van der Waals surface area contributed by atoms with Gasteiger partial charge in [-0.15, -0.1) is 24.0 Å². The first-order valence-electron chi connectivity index (χ1n) is 9.93. The Hall–Kier alpha value is -1.14. The zero-order chi connectivity index (χ0) is 20.0. The molecule has 2 aliphatic rings. The third kappa shape index (κ3) is 7.25. The van der Waals surface area contributed by atoms with Crippen LogP contribution in [0.2, 0.25) is 0 Å². The van der Waals surface area contributed by atoms with Gasteiger partial charge in [-0.1, -0.05) is 0 Å². The number of sulfone groups is 1. The van der Waals surface area contributed by atoms with E-state index in [9.17, 15) is 12.8 Å². The standard InChI is InChI=1S/C19H30FN5O2S.HI/c1-2-21-19(22-7-8-23-13-15-28(26,27)16-14-23)25-11-9-24(10-12-25)18-5-3-17(20)4-6-18;/h3-6H,2,7-16H2,1H3,(H,21,22);1H. The van der Waals surface area contributed by atoms with Gasteiger partial charge in [0.2, 0.25) is 0 Å². The molecule has 0 aromatic heterocycles. The molecule has 164 valence electrons. The summed E-state index contributed by atoms with van der Waals surface area (Å²) in [5.41, 5.74) is 1.04. The highest BCUT2D eigenvalue weighted by Crippen LogP contribution is 2.17. The quantitative estimate of drug-likeness (QED) is 0.346. The van der Waals surface area contributed by atoms with Crippen molar-refractivity contribution in [2.75, 3.05) is 75.3 Å². The predicted molar refractivity (Wildman–Crippen MR) is 127 cm³/mol. The van der Waals surface area contributed by atoms with Gasteiger partial charge in [-0.25, -0.2) is 12.8 Å². The second-order valence-corrected chi connectivity index (χ2v) is 9.48. The highest BCUT2D eigenvalue weighted by atomic mass is 127. The van der Waals surface area contributed by atoms with E-state index >= 15 is 0 Å². The van der Waals surface area contributed by atoms with Crippen LogP contribution in [0.1, 0.15) is 6.92 Å². The van der Waals surface area contributed by atoms with Gasteiger partial charge >= 0.3 is 0 Å². The minimum Gasteiger partial charge on any atom is -0.368 e. The van der Waals surface area contributed by atoms with Crippen molar-refractivity contribution in [2.45, 2.75) is 6.92 Å². The number of halogens is 2. The number of piperazine rings is 1. The Morgan fingerprint density at radius 1 is 1.07 bits per heavy atom. The minimum absolute atomic E-state index is 0. The fourth-order valence-electron chi connectivity index (χ4n) is 3.53. The smallest absolute Gasteiger partial charge is 0.194 e. The maximum Gasteiger partial charge on any atom is 0.194 e. The fourth-order valence-corrected chi connectivity index (χ4v) is 4.80. The molecule has 0 amide bonds. The van der Waals surface area contributed by atoms with Gasteiger partial charge in [-0.2, -0.15) is 0 Å². The summed E-state index contributed by atoms with van der Waals surface area (Å²) in [5.74, 6) is 1.20. The molecule has 0 bridgehead atoms. The number of nitrogens with one attached hydrogen (secondary N) is 1. The van der Waals surface area contributed by atoms with E-state index in [0.717, 1.165) is 50.9 Å². The Morgan fingerprint density at radius 3 is 2.28 bits per heavy atom. The van der Waals surface area contributed by atoms with Gasteiger partial charge in [0.05, 0.1) is 18.1 Å². The summed E-state index contributed by atoms with van der Waals surface area (Å²) in [5, 5.41) is 3.36. The van der Waals surface area contributed by atoms with E-state index in [1.54, 1.807) is 0 Å². The highest BCUT2D eigenvalue weighted by Gasteiger charge is 2.22. The normalized spacial score (nSPS) is 20.3. The van der Waals surface area contributed by atoms with Crippen molar-refractivity contribution in [2.24, 2.45) is 4.99 Å². The van der Waals surface area contributed by atoms with Crippen molar-refractivity contribution in [3.63, 3.8) is 0 Å². The summed E-state index contributed by atoms with van der Waals surface area (Å²) in [6, 6.07) is 6.64. The number of benzene rings is 1. The molecular weight excluding hydrogens is 508 g/mol. The van der Waals surface area contributed by atoms with Gasteiger partial charge in [0.25, 0.3) is 0 Å². The number of hydrogen-bond donors (Lipinski definition) is 1. The second-order valence-electron chi connectivity index (χ2n) is 7.18. The third-order valence-electron chi connectivity index (χ3n) is 5.22. The van der Waals surface area contributed by atoms with Crippen molar-refractivity contribution in [1.29, 1.82) is 0 Å². The molecule has 0 atom stereocenters. The number of anilines is 1. The lowest BCUT2D eigenvalue weighted by molar-refractivity contribution is 0.302. The molecular formula is C19H31FIN5O2S. The van der Waals surface area contributed by atoms with Crippen molar-refractivity contribution in [3.05, 3.63) is 30.1 Å². The first-order valence-corrected chi connectivity index (χ1v) is 11.8. The average Bonchev–Trinajstić information content (AvgIpc) is 2.69. The number of nitrogens with zero attached hydrogens (tertiary/aromatic N) is 4. The maximum atomic E-state index is 13.1. The van der Waals surface area contributed by atoms with Gasteiger partial charge in [0.1, 0.15) is 5.82 Å². The molecule has 2 saturated heterocycles. The topological polar surface area (TPSA) is 68.2 Å². The van der Waals surface area contributed by atoms with Crippen LogP contribution in [0.15, 0.2) is 29.3 Å². The number of rotatable bonds is 5. The SMILES string of the molecule is CCNC(=NCCN1CCS(=O)(=O)CC1)N1CCN(c2ccc(F)cc2)CC1.I. The molecule has 10 heteroatoms. The predicted octanol–water partition coefficient (Wildman–Crippen LogP) is 1.26. The Labute approximate surface area is 190 Å². The molecule has 1 aromatic rings. The van der Waals surface area contributed by atoms with Crippen LogP contribution in [0.3, 0.4) is 0 Å². The minimum atomic E-state index is -2.84. The van der Waals surface area contributed by atoms with Crippen molar-refractivity contribution in [3.8, 4) is 0 Å². The molecule has 1 N–H and O–H groups in total. The van der Waals surface area contributed by atoms with Crippen molar-refractivity contribution in [1.82, 2.24) is 15.1 Å². The lowest BCUT2D eigenvalue weighted by Crippen LogP contribution is -2.52. The van der Waals surface area contributed by atoms with Crippen LogP contribution >= 0.6 is 24.0 Å². The Morgan fingerprint density at radius 2 is 1.69 bits per heavy atom. The summed E-state index contributed by atoms with van der Waals surface area (Å²) in [7, 11) is -2.84. The summed E-state index contributed by atoms with van der Waals surface area (Å²) in [4.78, 5) is 11.4. The molecule has 2 fully saturated rings. The number of guanidine groups is 1. The van der Waals surface area contributed by atoms with Gasteiger partial charge in [-0.3, -0.25) is 9.89 Å². The average molecular weight is 539 g/mol. The molecule has 3 rings (SSSR count). The molecule has 7 nitrogen and oxygen atoms in total. The monoisotopic (exact) mass is 539 g/mol. The molecule has 0 saturated carbocycles. The van der Waals surface area contributed by atoms with Gasteiger partial charge in [0, 0.05) is 58.0 Å². The van der Waals surface area contributed by atoms with E-state index in [4.69, 9.17) is 4.99 Å². The second kappa shape index (κ2) is 11.3. The third-order valence-corrected chi connectivity index (χ3v) is 6.83. The summed E-state index contributed by atoms with van der Waals surface area (Å²) in [6.45, 7) is 8.92. The molecule has 2 aliphatic heterocycles. The van der Waals surface area contributed by atoms with E-state index < -0.39 is 9.84 Å². The molecule has 0 aliphatic carbocycles. The maximum absolute atomic E-state index is 13.1. The van der Waals surface area contributed by atoms with Crippen molar-refractivity contribution >= 4 is 45.5 Å². The van der Waals surface area contributed by atoms with Crippen LogP contribution < -0.4 is 10.2 Å². The summed E-state index contributed by atoms with van der Waals surface area (Å²) in [6.07, 6.45) is 0. The molecule has 29 heavy (non-hydrogen) atoms. The number of aliphatic imine (C=N–C) groups is 1. The zero-order valence-electron chi connectivity index (χ0n) is 16.9. The van der Waals surface area contributed by atoms with Crippen LogP contribution in [-0.4, -0.2) is 94.6 Å². The van der Waals surface area contributed by atoms with Gasteiger partial charge in [-0.05, 0) is 31.2 Å². The molecule has 0 spiro atoms.